The summed E-state index contributed by atoms with van der Waals surface area (Å²) in [5.74, 6) is 2.40. The van der Waals surface area contributed by atoms with Gasteiger partial charge in [0.1, 0.15) is 0 Å². The fourth-order valence-electron chi connectivity index (χ4n) is 2.27. The van der Waals surface area contributed by atoms with E-state index in [1.54, 1.807) is 0 Å². The molecular formula is C10H21OP. The zero-order valence-corrected chi connectivity index (χ0v) is 9.57. The molecule has 0 amide bonds. The summed E-state index contributed by atoms with van der Waals surface area (Å²) in [5, 5.41) is 0. The van der Waals surface area contributed by atoms with Crippen molar-refractivity contribution in [3.05, 3.63) is 0 Å². The molecular weight excluding hydrogens is 167 g/mol. The van der Waals surface area contributed by atoms with Crippen LogP contribution >= 0.6 is 9.47 Å². The lowest BCUT2D eigenvalue weighted by atomic mass is 9.75. The van der Waals surface area contributed by atoms with Crippen molar-refractivity contribution in [3.63, 3.8) is 0 Å². The summed E-state index contributed by atoms with van der Waals surface area (Å²) in [6.45, 7) is 6.93. The van der Waals surface area contributed by atoms with Gasteiger partial charge in [0.15, 0.2) is 0 Å². The van der Waals surface area contributed by atoms with Crippen LogP contribution in [0.3, 0.4) is 0 Å². The number of hydrogen-bond acceptors (Lipinski definition) is 1. The minimum absolute atomic E-state index is 0.485. The van der Waals surface area contributed by atoms with Crippen molar-refractivity contribution in [2.45, 2.75) is 46.1 Å². The van der Waals surface area contributed by atoms with Crippen molar-refractivity contribution in [1.29, 1.82) is 0 Å². The molecule has 2 heteroatoms. The Morgan fingerprint density at radius 1 is 1.33 bits per heavy atom. The topological polar surface area (TPSA) is 9.23 Å². The van der Waals surface area contributed by atoms with Gasteiger partial charge in [-0.05, 0) is 30.6 Å². The molecule has 1 nitrogen and oxygen atoms in total. The van der Waals surface area contributed by atoms with E-state index in [-0.39, 0.29) is 0 Å². The predicted molar refractivity (Wildman–Crippen MR) is 55.9 cm³/mol. The molecule has 0 saturated heterocycles. The third-order valence-electron chi connectivity index (χ3n) is 3.14. The molecule has 0 radical (unpaired) electrons. The van der Waals surface area contributed by atoms with Crippen molar-refractivity contribution >= 4 is 9.47 Å². The fraction of sp³-hybridized carbons (Fsp3) is 1.00. The van der Waals surface area contributed by atoms with Crippen LogP contribution in [0.1, 0.15) is 40.0 Å². The second-order valence-electron chi connectivity index (χ2n) is 4.50. The van der Waals surface area contributed by atoms with Crippen molar-refractivity contribution in [2.24, 2.45) is 17.8 Å². The molecule has 0 aromatic carbocycles. The Morgan fingerprint density at radius 2 is 2.00 bits per heavy atom. The van der Waals surface area contributed by atoms with Gasteiger partial charge >= 0.3 is 0 Å². The molecule has 1 saturated carbocycles. The van der Waals surface area contributed by atoms with Crippen LogP contribution in [-0.4, -0.2) is 6.10 Å². The predicted octanol–water partition coefficient (Wildman–Crippen LogP) is 3.25. The molecule has 72 valence electrons. The Balaban J connectivity index is 2.50. The monoisotopic (exact) mass is 188 g/mol. The van der Waals surface area contributed by atoms with E-state index < -0.39 is 0 Å². The van der Waals surface area contributed by atoms with Crippen LogP contribution in [0.5, 0.6) is 0 Å². The molecule has 1 rings (SSSR count). The highest BCUT2D eigenvalue weighted by atomic mass is 31.0. The summed E-state index contributed by atoms with van der Waals surface area (Å²) < 4.78 is 5.45. The molecule has 12 heavy (non-hydrogen) atoms. The maximum absolute atomic E-state index is 5.45. The van der Waals surface area contributed by atoms with Crippen LogP contribution in [0.25, 0.3) is 0 Å². The van der Waals surface area contributed by atoms with E-state index in [4.69, 9.17) is 4.52 Å². The average molecular weight is 188 g/mol. The lowest BCUT2D eigenvalue weighted by Gasteiger charge is -2.36. The normalized spacial score (nSPS) is 37.2. The minimum atomic E-state index is 0.485. The molecule has 1 aliphatic carbocycles. The van der Waals surface area contributed by atoms with Crippen LogP contribution < -0.4 is 0 Å². The van der Waals surface area contributed by atoms with Gasteiger partial charge in [-0.3, -0.25) is 0 Å². The van der Waals surface area contributed by atoms with Gasteiger partial charge in [-0.25, -0.2) is 0 Å². The lowest BCUT2D eigenvalue weighted by Crippen LogP contribution is -2.32. The average Bonchev–Trinajstić information content (AvgIpc) is 2.03. The summed E-state index contributed by atoms with van der Waals surface area (Å²) in [5.41, 5.74) is 0. The number of hydrogen-bond donors (Lipinski definition) is 0. The Bertz CT molecular complexity index is 136. The quantitative estimate of drug-likeness (QED) is 0.604. The highest BCUT2D eigenvalue weighted by Gasteiger charge is 2.30. The van der Waals surface area contributed by atoms with E-state index in [1.807, 2.05) is 0 Å². The van der Waals surface area contributed by atoms with Crippen molar-refractivity contribution < 1.29 is 4.52 Å². The second kappa shape index (κ2) is 4.58. The maximum Gasteiger partial charge on any atom is 0.0644 e. The molecule has 1 fully saturated rings. The SMILES string of the molecule is CC1CCC(C(C)C)C(OP)C1. The van der Waals surface area contributed by atoms with Crippen LogP contribution in [0.15, 0.2) is 0 Å². The van der Waals surface area contributed by atoms with E-state index in [0.29, 0.717) is 6.10 Å². The van der Waals surface area contributed by atoms with Gasteiger partial charge in [0.05, 0.1) is 6.10 Å². The van der Waals surface area contributed by atoms with Gasteiger partial charge in [0, 0.05) is 9.47 Å². The summed E-state index contributed by atoms with van der Waals surface area (Å²) in [6, 6.07) is 0. The van der Waals surface area contributed by atoms with Gasteiger partial charge in [-0.1, -0.05) is 27.2 Å². The highest BCUT2D eigenvalue weighted by molar-refractivity contribution is 7.09. The van der Waals surface area contributed by atoms with E-state index in [2.05, 4.69) is 30.2 Å². The van der Waals surface area contributed by atoms with Crippen LogP contribution in [-0.2, 0) is 4.52 Å². The van der Waals surface area contributed by atoms with Gasteiger partial charge in [0.2, 0.25) is 0 Å². The zero-order valence-electron chi connectivity index (χ0n) is 8.42. The molecule has 0 heterocycles. The Morgan fingerprint density at radius 3 is 2.50 bits per heavy atom. The minimum Gasteiger partial charge on any atom is -0.362 e. The Kier molecular flexibility index (Phi) is 3.99. The van der Waals surface area contributed by atoms with Crippen molar-refractivity contribution in [2.75, 3.05) is 0 Å². The summed E-state index contributed by atoms with van der Waals surface area (Å²) >= 11 is 0. The Labute approximate surface area is 78.5 Å². The molecule has 0 spiro atoms. The smallest absolute Gasteiger partial charge is 0.0644 e. The standard InChI is InChI=1S/C10H21OP/c1-7(2)9-5-4-8(3)6-10(9)11-12/h7-10H,4-6,12H2,1-3H3. The second-order valence-corrected chi connectivity index (χ2v) is 4.77. The van der Waals surface area contributed by atoms with Gasteiger partial charge in [0.25, 0.3) is 0 Å². The molecule has 0 bridgehead atoms. The first kappa shape index (κ1) is 10.5. The van der Waals surface area contributed by atoms with Gasteiger partial charge < -0.3 is 4.52 Å². The third kappa shape index (κ3) is 2.44. The van der Waals surface area contributed by atoms with Crippen LogP contribution in [0.4, 0.5) is 0 Å². The fourth-order valence-corrected chi connectivity index (χ4v) is 2.58. The highest BCUT2D eigenvalue weighted by Crippen LogP contribution is 2.35. The summed E-state index contributed by atoms with van der Waals surface area (Å²) in [7, 11) is 2.43. The Hall–Kier alpha value is 0.390. The summed E-state index contributed by atoms with van der Waals surface area (Å²) in [4.78, 5) is 0. The van der Waals surface area contributed by atoms with Gasteiger partial charge in [-0.2, -0.15) is 0 Å². The van der Waals surface area contributed by atoms with Crippen LogP contribution in [0, 0.1) is 17.8 Å². The zero-order chi connectivity index (χ0) is 9.14. The van der Waals surface area contributed by atoms with Gasteiger partial charge in [-0.15, -0.1) is 0 Å². The summed E-state index contributed by atoms with van der Waals surface area (Å²) in [6.07, 6.45) is 4.45. The molecule has 0 aromatic heterocycles. The van der Waals surface area contributed by atoms with Crippen LogP contribution in [0.2, 0.25) is 0 Å². The molecule has 0 aliphatic heterocycles. The molecule has 4 atom stereocenters. The van der Waals surface area contributed by atoms with Crippen molar-refractivity contribution in [1.82, 2.24) is 0 Å². The largest absolute Gasteiger partial charge is 0.362 e. The first-order valence-electron chi connectivity index (χ1n) is 5.00. The molecule has 0 aromatic rings. The molecule has 4 unspecified atom stereocenters. The maximum atomic E-state index is 5.45. The van der Waals surface area contributed by atoms with E-state index >= 15 is 0 Å². The molecule has 1 aliphatic rings. The lowest BCUT2D eigenvalue weighted by molar-refractivity contribution is 0.0611. The molecule has 0 N–H and O–H groups in total. The van der Waals surface area contributed by atoms with Crippen molar-refractivity contribution in [3.8, 4) is 0 Å². The third-order valence-corrected chi connectivity index (χ3v) is 3.49. The number of rotatable bonds is 2. The van der Waals surface area contributed by atoms with E-state index in [1.165, 1.54) is 19.3 Å². The first-order chi connectivity index (χ1) is 5.65. The first-order valence-corrected chi connectivity index (χ1v) is 5.47. The van der Waals surface area contributed by atoms with E-state index in [9.17, 15) is 0 Å². The van der Waals surface area contributed by atoms with E-state index in [0.717, 1.165) is 17.8 Å².